The fourth-order valence-electron chi connectivity index (χ4n) is 1.44. The summed E-state index contributed by atoms with van der Waals surface area (Å²) < 4.78 is 0. The Balaban J connectivity index is 2.13. The third-order valence-corrected chi connectivity index (χ3v) is 4.50. The molecule has 102 valence electrons. The second-order valence-corrected chi connectivity index (χ2v) is 7.48. The summed E-state index contributed by atoms with van der Waals surface area (Å²) in [5, 5.41) is 5.42. The fraction of sp³-hybridized carbons (Fsp3) is 0.385. The zero-order chi connectivity index (χ0) is 14.2. The van der Waals surface area contributed by atoms with Gasteiger partial charge in [-0.25, -0.2) is 4.98 Å². The molecule has 0 spiro atoms. The van der Waals surface area contributed by atoms with Crippen molar-refractivity contribution in [3.63, 3.8) is 0 Å². The molecule has 0 atom stereocenters. The molecule has 0 radical (unpaired) electrons. The molecule has 1 amide bonds. The third kappa shape index (κ3) is 3.13. The van der Waals surface area contributed by atoms with Gasteiger partial charge in [-0.1, -0.05) is 20.8 Å². The number of nitrogen functional groups attached to an aromatic ring is 1. The summed E-state index contributed by atoms with van der Waals surface area (Å²) in [4.78, 5) is 18.1. The number of nitrogens with zero attached hydrogens (tertiary/aromatic N) is 1. The van der Waals surface area contributed by atoms with Crippen molar-refractivity contribution in [2.75, 3.05) is 11.1 Å². The largest absolute Gasteiger partial charge is 0.398 e. The Hall–Kier alpha value is -1.40. The van der Waals surface area contributed by atoms with E-state index in [4.69, 9.17) is 5.73 Å². The molecule has 2 aromatic heterocycles. The zero-order valence-corrected chi connectivity index (χ0v) is 13.0. The van der Waals surface area contributed by atoms with Crippen molar-refractivity contribution in [1.82, 2.24) is 4.98 Å². The van der Waals surface area contributed by atoms with Crippen LogP contribution in [-0.4, -0.2) is 10.9 Å². The molecule has 0 saturated carbocycles. The van der Waals surface area contributed by atoms with E-state index in [0.29, 0.717) is 15.7 Å². The van der Waals surface area contributed by atoms with Gasteiger partial charge in [0.2, 0.25) is 0 Å². The molecular weight excluding hydrogens is 278 g/mol. The Morgan fingerprint density at radius 3 is 2.58 bits per heavy atom. The fourth-order valence-corrected chi connectivity index (χ4v) is 3.21. The number of hydrogen-bond donors (Lipinski definition) is 2. The van der Waals surface area contributed by atoms with E-state index in [1.807, 2.05) is 12.3 Å². The number of aryl methyl sites for hydroxylation is 1. The molecular formula is C13H17N3OS2. The van der Waals surface area contributed by atoms with Gasteiger partial charge in [-0.15, -0.1) is 22.7 Å². The lowest BCUT2D eigenvalue weighted by Gasteiger charge is -2.14. The minimum atomic E-state index is -0.153. The van der Waals surface area contributed by atoms with Crippen molar-refractivity contribution in [2.24, 2.45) is 0 Å². The first-order valence-electron chi connectivity index (χ1n) is 5.90. The molecule has 0 aliphatic carbocycles. The number of carbonyl (C=O) groups excluding carboxylic acids is 1. The summed E-state index contributed by atoms with van der Waals surface area (Å²) in [5.74, 6) is -0.153. The van der Waals surface area contributed by atoms with E-state index in [1.54, 1.807) is 6.07 Å². The van der Waals surface area contributed by atoms with Crippen LogP contribution in [0.1, 0.15) is 41.0 Å². The molecule has 0 unspecified atom stereocenters. The Bertz CT molecular complexity index is 588. The topological polar surface area (TPSA) is 68.0 Å². The van der Waals surface area contributed by atoms with Crippen LogP contribution >= 0.6 is 22.7 Å². The summed E-state index contributed by atoms with van der Waals surface area (Å²) >= 11 is 2.83. The quantitative estimate of drug-likeness (QED) is 0.888. The van der Waals surface area contributed by atoms with E-state index in [2.05, 4.69) is 31.1 Å². The van der Waals surface area contributed by atoms with Crippen molar-refractivity contribution in [3.8, 4) is 0 Å². The second-order valence-electron chi connectivity index (χ2n) is 5.36. The highest BCUT2D eigenvalue weighted by molar-refractivity contribution is 7.15. The highest BCUT2D eigenvalue weighted by Gasteiger charge is 2.19. The summed E-state index contributed by atoms with van der Waals surface area (Å²) in [7, 11) is 0. The van der Waals surface area contributed by atoms with E-state index in [1.165, 1.54) is 22.7 Å². The van der Waals surface area contributed by atoms with E-state index in [9.17, 15) is 4.79 Å². The number of amides is 1. The van der Waals surface area contributed by atoms with Crippen molar-refractivity contribution >= 4 is 39.4 Å². The van der Waals surface area contributed by atoms with Crippen LogP contribution in [0, 0.1) is 6.92 Å². The monoisotopic (exact) mass is 295 g/mol. The van der Waals surface area contributed by atoms with Crippen LogP contribution in [0.25, 0.3) is 0 Å². The average molecular weight is 295 g/mol. The summed E-state index contributed by atoms with van der Waals surface area (Å²) in [6.45, 7) is 8.18. The molecule has 2 heterocycles. The van der Waals surface area contributed by atoms with Crippen molar-refractivity contribution in [2.45, 2.75) is 33.1 Å². The molecule has 2 rings (SSSR count). The van der Waals surface area contributed by atoms with Gasteiger partial charge in [0.05, 0.1) is 10.6 Å². The number of anilines is 2. The number of hydrogen-bond acceptors (Lipinski definition) is 5. The van der Waals surface area contributed by atoms with E-state index < -0.39 is 0 Å². The number of nitrogens with one attached hydrogen (secondary N) is 1. The standard InChI is InChI=1S/C13H17N3OS2/c1-7-8(14)5-9(19-7)11(17)16-12-15-10(6-18-12)13(2,3)4/h5-6H,14H2,1-4H3,(H,15,16,17). The summed E-state index contributed by atoms with van der Waals surface area (Å²) in [5.41, 5.74) is 7.38. The van der Waals surface area contributed by atoms with Crippen LogP contribution < -0.4 is 11.1 Å². The molecule has 0 aromatic carbocycles. The first-order valence-corrected chi connectivity index (χ1v) is 7.60. The number of carbonyl (C=O) groups is 1. The lowest BCUT2D eigenvalue weighted by molar-refractivity contribution is 0.103. The zero-order valence-electron chi connectivity index (χ0n) is 11.4. The molecule has 0 aliphatic rings. The number of rotatable bonds is 2. The highest BCUT2D eigenvalue weighted by Crippen LogP contribution is 2.28. The van der Waals surface area contributed by atoms with Gasteiger partial charge in [-0.3, -0.25) is 10.1 Å². The van der Waals surface area contributed by atoms with Crippen LogP contribution in [0.15, 0.2) is 11.4 Å². The molecule has 6 heteroatoms. The molecule has 2 aromatic rings. The molecule has 0 fully saturated rings. The van der Waals surface area contributed by atoms with Gasteiger partial charge in [0.25, 0.3) is 5.91 Å². The van der Waals surface area contributed by atoms with E-state index in [0.717, 1.165) is 10.6 Å². The molecule has 4 nitrogen and oxygen atoms in total. The molecule has 0 saturated heterocycles. The van der Waals surface area contributed by atoms with Crippen molar-refractivity contribution < 1.29 is 4.79 Å². The molecule has 0 bridgehead atoms. The molecule has 3 N–H and O–H groups in total. The maximum absolute atomic E-state index is 12.0. The first-order chi connectivity index (χ1) is 8.77. The van der Waals surface area contributed by atoms with Gasteiger partial charge >= 0.3 is 0 Å². The van der Waals surface area contributed by atoms with Crippen LogP contribution in [0.3, 0.4) is 0 Å². The average Bonchev–Trinajstić information content (AvgIpc) is 2.86. The normalized spacial score (nSPS) is 11.6. The Kier molecular flexibility index (Phi) is 3.64. The predicted octanol–water partition coefficient (Wildman–Crippen LogP) is 3.65. The lowest BCUT2D eigenvalue weighted by atomic mass is 9.93. The minimum Gasteiger partial charge on any atom is -0.398 e. The highest BCUT2D eigenvalue weighted by atomic mass is 32.1. The van der Waals surface area contributed by atoms with Crippen LogP contribution in [0.4, 0.5) is 10.8 Å². The SMILES string of the molecule is Cc1sc(C(=O)Nc2nc(C(C)(C)C)cs2)cc1N. The van der Waals surface area contributed by atoms with Gasteiger partial charge in [0.1, 0.15) is 0 Å². The van der Waals surface area contributed by atoms with Crippen molar-refractivity contribution in [3.05, 3.63) is 26.9 Å². The second kappa shape index (κ2) is 4.94. The van der Waals surface area contributed by atoms with Gasteiger partial charge in [0, 0.05) is 21.4 Å². The molecule has 0 aliphatic heterocycles. The maximum Gasteiger partial charge on any atom is 0.267 e. The first kappa shape index (κ1) is 14.0. The Labute approximate surface area is 120 Å². The van der Waals surface area contributed by atoms with Crippen LogP contribution in [0.2, 0.25) is 0 Å². The van der Waals surface area contributed by atoms with Crippen LogP contribution in [0.5, 0.6) is 0 Å². The number of thiazole rings is 1. The van der Waals surface area contributed by atoms with E-state index in [-0.39, 0.29) is 11.3 Å². The smallest absolute Gasteiger partial charge is 0.267 e. The van der Waals surface area contributed by atoms with Crippen molar-refractivity contribution in [1.29, 1.82) is 0 Å². The van der Waals surface area contributed by atoms with Gasteiger partial charge in [-0.05, 0) is 13.0 Å². The van der Waals surface area contributed by atoms with Gasteiger partial charge in [0.15, 0.2) is 5.13 Å². The summed E-state index contributed by atoms with van der Waals surface area (Å²) in [6, 6.07) is 1.70. The Morgan fingerprint density at radius 2 is 2.11 bits per heavy atom. The van der Waals surface area contributed by atoms with Gasteiger partial charge in [-0.2, -0.15) is 0 Å². The third-order valence-electron chi connectivity index (χ3n) is 2.67. The van der Waals surface area contributed by atoms with E-state index >= 15 is 0 Å². The number of thiophene rings is 1. The van der Waals surface area contributed by atoms with Gasteiger partial charge < -0.3 is 5.73 Å². The number of nitrogens with two attached hydrogens (primary N) is 1. The van der Waals surface area contributed by atoms with Crippen LogP contribution in [-0.2, 0) is 5.41 Å². The number of aromatic nitrogens is 1. The predicted molar refractivity (Wildman–Crippen MR) is 82.2 cm³/mol. The lowest BCUT2D eigenvalue weighted by Crippen LogP contribution is -2.13. The summed E-state index contributed by atoms with van der Waals surface area (Å²) in [6.07, 6.45) is 0. The maximum atomic E-state index is 12.0. The molecule has 19 heavy (non-hydrogen) atoms. The Morgan fingerprint density at radius 1 is 1.42 bits per heavy atom. The minimum absolute atomic E-state index is 0.0105.